The van der Waals surface area contributed by atoms with Gasteiger partial charge in [-0.15, -0.1) is 0 Å². The molecule has 4 nitrogen and oxygen atoms in total. The number of amides is 1. The van der Waals surface area contributed by atoms with Gasteiger partial charge < -0.3 is 16.2 Å². The van der Waals surface area contributed by atoms with Crippen LogP contribution in [-0.4, -0.2) is 29.7 Å². The van der Waals surface area contributed by atoms with Crippen LogP contribution in [0.5, 0.6) is 0 Å². The van der Waals surface area contributed by atoms with E-state index in [1.54, 1.807) is 0 Å². The molecule has 0 aromatic heterocycles. The van der Waals surface area contributed by atoms with Crippen LogP contribution in [-0.2, 0) is 4.79 Å². The fraction of sp³-hybridized carbons (Fsp3) is 0.900. The monoisotopic (exact) mass is 202 g/mol. The molecule has 4 heteroatoms. The van der Waals surface area contributed by atoms with Gasteiger partial charge in [0.05, 0.1) is 12.1 Å². The van der Waals surface area contributed by atoms with E-state index in [0.717, 1.165) is 6.42 Å². The molecule has 2 atom stereocenters. The molecule has 0 aliphatic carbocycles. The Hall–Kier alpha value is -0.610. The average molecular weight is 202 g/mol. The number of carbonyl (C=O) groups is 1. The second kappa shape index (κ2) is 6.79. The minimum atomic E-state index is -0.483. The lowest BCUT2D eigenvalue weighted by Gasteiger charge is -2.17. The van der Waals surface area contributed by atoms with Crippen molar-refractivity contribution in [1.29, 1.82) is 0 Å². The van der Waals surface area contributed by atoms with Gasteiger partial charge in [0.1, 0.15) is 0 Å². The van der Waals surface area contributed by atoms with Crippen molar-refractivity contribution >= 4 is 5.91 Å². The van der Waals surface area contributed by atoms with Gasteiger partial charge in [0.2, 0.25) is 5.91 Å². The van der Waals surface area contributed by atoms with Gasteiger partial charge in [-0.05, 0) is 12.3 Å². The van der Waals surface area contributed by atoms with Crippen molar-refractivity contribution < 1.29 is 9.90 Å². The van der Waals surface area contributed by atoms with E-state index in [9.17, 15) is 9.90 Å². The maximum absolute atomic E-state index is 11.3. The molecule has 0 radical (unpaired) electrons. The van der Waals surface area contributed by atoms with Crippen molar-refractivity contribution in [3.8, 4) is 0 Å². The molecule has 0 saturated heterocycles. The summed E-state index contributed by atoms with van der Waals surface area (Å²) in [4.78, 5) is 11.3. The molecule has 0 aliphatic heterocycles. The van der Waals surface area contributed by atoms with E-state index in [0.29, 0.717) is 13.0 Å². The van der Waals surface area contributed by atoms with Crippen molar-refractivity contribution in [2.45, 2.75) is 45.8 Å². The molecule has 4 N–H and O–H groups in total. The number of carbonyl (C=O) groups excluding carboxylic acids is 1. The largest absolute Gasteiger partial charge is 0.391 e. The molecule has 84 valence electrons. The van der Waals surface area contributed by atoms with Crippen molar-refractivity contribution in [1.82, 2.24) is 5.32 Å². The third-order valence-electron chi connectivity index (χ3n) is 2.15. The number of nitrogens with two attached hydrogens (primary N) is 1. The van der Waals surface area contributed by atoms with Crippen LogP contribution in [0.1, 0.15) is 33.6 Å². The predicted molar refractivity (Wildman–Crippen MR) is 56.7 cm³/mol. The van der Waals surface area contributed by atoms with Gasteiger partial charge in [0.15, 0.2) is 0 Å². The third-order valence-corrected chi connectivity index (χ3v) is 2.15. The van der Waals surface area contributed by atoms with Crippen molar-refractivity contribution in [3.05, 3.63) is 0 Å². The van der Waals surface area contributed by atoms with Crippen molar-refractivity contribution in [3.63, 3.8) is 0 Å². The van der Waals surface area contributed by atoms with Gasteiger partial charge in [0.25, 0.3) is 0 Å². The molecule has 0 saturated carbocycles. The highest BCUT2D eigenvalue weighted by atomic mass is 16.3. The maximum atomic E-state index is 11.3. The smallest absolute Gasteiger partial charge is 0.237 e. The predicted octanol–water partition coefficient (Wildman–Crippen LogP) is 0.247. The SMILES string of the molecule is CCCC(O)CNC(=O)[C@H](N)C(C)C. The van der Waals surface area contributed by atoms with Gasteiger partial charge >= 0.3 is 0 Å². The molecule has 1 amide bonds. The normalized spacial score (nSPS) is 15.3. The van der Waals surface area contributed by atoms with E-state index in [-0.39, 0.29) is 11.8 Å². The van der Waals surface area contributed by atoms with Gasteiger partial charge in [0, 0.05) is 6.54 Å². The quantitative estimate of drug-likeness (QED) is 0.578. The van der Waals surface area contributed by atoms with E-state index in [1.807, 2.05) is 20.8 Å². The fourth-order valence-electron chi connectivity index (χ4n) is 1.07. The highest BCUT2D eigenvalue weighted by Crippen LogP contribution is 1.98. The molecule has 0 bridgehead atoms. The summed E-state index contributed by atoms with van der Waals surface area (Å²) >= 11 is 0. The highest BCUT2D eigenvalue weighted by molar-refractivity contribution is 5.81. The first kappa shape index (κ1) is 13.4. The van der Waals surface area contributed by atoms with Crippen molar-refractivity contribution in [2.75, 3.05) is 6.54 Å². The summed E-state index contributed by atoms with van der Waals surface area (Å²) in [5.41, 5.74) is 5.63. The molecule has 0 fully saturated rings. The minimum absolute atomic E-state index is 0.123. The second-order valence-electron chi connectivity index (χ2n) is 3.96. The van der Waals surface area contributed by atoms with E-state index in [2.05, 4.69) is 5.32 Å². The van der Waals surface area contributed by atoms with Gasteiger partial charge in [-0.1, -0.05) is 27.2 Å². The molecule has 1 unspecified atom stereocenters. The number of nitrogens with one attached hydrogen (secondary N) is 1. The number of rotatable bonds is 6. The zero-order valence-corrected chi connectivity index (χ0v) is 9.29. The Labute approximate surface area is 85.9 Å². The topological polar surface area (TPSA) is 75.3 Å². The Morgan fingerprint density at radius 1 is 1.50 bits per heavy atom. The Kier molecular flexibility index (Phi) is 6.49. The summed E-state index contributed by atoms with van der Waals surface area (Å²) in [5.74, 6) is -0.0616. The zero-order chi connectivity index (χ0) is 11.1. The van der Waals surface area contributed by atoms with E-state index < -0.39 is 12.1 Å². The first-order valence-electron chi connectivity index (χ1n) is 5.20. The summed E-state index contributed by atoms with van der Waals surface area (Å²) < 4.78 is 0. The number of hydrogen-bond acceptors (Lipinski definition) is 3. The molecule has 0 heterocycles. The Morgan fingerprint density at radius 2 is 2.07 bits per heavy atom. The van der Waals surface area contributed by atoms with Crippen LogP contribution in [0.2, 0.25) is 0 Å². The molecule has 0 aromatic carbocycles. The molecule has 0 aromatic rings. The fourth-order valence-corrected chi connectivity index (χ4v) is 1.07. The third kappa shape index (κ3) is 5.19. The van der Waals surface area contributed by atoms with Crippen molar-refractivity contribution in [2.24, 2.45) is 11.7 Å². The van der Waals surface area contributed by atoms with Crippen LogP contribution < -0.4 is 11.1 Å². The first-order valence-corrected chi connectivity index (χ1v) is 5.20. The summed E-state index contributed by atoms with van der Waals surface area (Å²) in [6, 6.07) is -0.483. The Bertz CT molecular complexity index is 172. The van der Waals surface area contributed by atoms with E-state index >= 15 is 0 Å². The lowest BCUT2D eigenvalue weighted by atomic mass is 10.0. The summed E-state index contributed by atoms with van der Waals surface area (Å²) in [6.45, 7) is 6.08. The molecule has 0 aliphatic rings. The maximum Gasteiger partial charge on any atom is 0.237 e. The molecule has 0 rings (SSSR count). The Balaban J connectivity index is 3.73. The molecular formula is C10H22N2O2. The lowest BCUT2D eigenvalue weighted by molar-refractivity contribution is -0.123. The number of aliphatic hydroxyl groups excluding tert-OH is 1. The van der Waals surface area contributed by atoms with Crippen LogP contribution in [0, 0.1) is 5.92 Å². The molecule has 14 heavy (non-hydrogen) atoms. The Morgan fingerprint density at radius 3 is 2.50 bits per heavy atom. The lowest BCUT2D eigenvalue weighted by Crippen LogP contribution is -2.46. The van der Waals surface area contributed by atoms with Crippen LogP contribution >= 0.6 is 0 Å². The molecular weight excluding hydrogens is 180 g/mol. The zero-order valence-electron chi connectivity index (χ0n) is 9.29. The van der Waals surface area contributed by atoms with Crippen LogP contribution in [0.15, 0.2) is 0 Å². The minimum Gasteiger partial charge on any atom is -0.391 e. The van der Waals surface area contributed by atoms with E-state index in [1.165, 1.54) is 0 Å². The van der Waals surface area contributed by atoms with Gasteiger partial charge in [-0.3, -0.25) is 4.79 Å². The highest BCUT2D eigenvalue weighted by Gasteiger charge is 2.17. The molecule has 0 spiro atoms. The van der Waals surface area contributed by atoms with Crippen LogP contribution in [0.25, 0.3) is 0 Å². The summed E-state index contributed by atoms with van der Waals surface area (Å²) in [6.07, 6.45) is 1.16. The first-order chi connectivity index (χ1) is 6.49. The standard InChI is InChI=1S/C10H22N2O2/c1-4-5-8(13)6-12-10(14)9(11)7(2)3/h7-9,13H,4-6,11H2,1-3H3,(H,12,14)/t8?,9-/m1/s1. The van der Waals surface area contributed by atoms with E-state index in [4.69, 9.17) is 5.73 Å². The van der Waals surface area contributed by atoms with Crippen LogP contribution in [0.4, 0.5) is 0 Å². The second-order valence-corrected chi connectivity index (χ2v) is 3.96. The number of hydrogen-bond donors (Lipinski definition) is 3. The summed E-state index contributed by atoms with van der Waals surface area (Å²) in [7, 11) is 0. The number of aliphatic hydroxyl groups is 1. The van der Waals surface area contributed by atoms with Gasteiger partial charge in [-0.2, -0.15) is 0 Å². The van der Waals surface area contributed by atoms with Gasteiger partial charge in [-0.25, -0.2) is 0 Å². The average Bonchev–Trinajstić information content (AvgIpc) is 2.13. The summed E-state index contributed by atoms with van der Waals surface area (Å²) in [5, 5.41) is 12.0. The van der Waals surface area contributed by atoms with Crippen LogP contribution in [0.3, 0.4) is 0 Å².